The van der Waals surface area contributed by atoms with E-state index in [1.54, 1.807) is 6.07 Å². The summed E-state index contributed by atoms with van der Waals surface area (Å²) in [6.07, 6.45) is 0. The van der Waals surface area contributed by atoms with Gasteiger partial charge >= 0.3 is 0 Å². The van der Waals surface area contributed by atoms with Gasteiger partial charge in [0.2, 0.25) is 0 Å². The summed E-state index contributed by atoms with van der Waals surface area (Å²) in [6, 6.07) is 6.94. The van der Waals surface area contributed by atoms with Crippen molar-refractivity contribution in [3.8, 4) is 6.07 Å². The van der Waals surface area contributed by atoms with Crippen LogP contribution >= 0.6 is 0 Å². The fourth-order valence-electron chi connectivity index (χ4n) is 1.76. The molecule has 0 fully saturated rings. The lowest BCUT2D eigenvalue weighted by atomic mass is 10.1. The highest BCUT2D eigenvalue weighted by molar-refractivity contribution is 6.05. The Morgan fingerprint density at radius 2 is 1.86 bits per heavy atom. The molecule has 106 valence electrons. The number of anilines is 1. The van der Waals surface area contributed by atoms with Crippen LogP contribution in [0.3, 0.4) is 0 Å². The van der Waals surface area contributed by atoms with Crippen molar-refractivity contribution < 1.29 is 18.0 Å². The third-order valence-corrected chi connectivity index (χ3v) is 2.87. The van der Waals surface area contributed by atoms with Crippen LogP contribution in [0.2, 0.25) is 0 Å². The van der Waals surface area contributed by atoms with E-state index in [-0.39, 0.29) is 22.4 Å². The summed E-state index contributed by atoms with van der Waals surface area (Å²) < 4.78 is 40.2. The third kappa shape index (κ3) is 2.87. The predicted molar refractivity (Wildman–Crippen MR) is 70.2 cm³/mol. The number of amides is 1. The largest absolute Gasteiger partial charge is 0.321 e. The van der Waals surface area contributed by atoms with Gasteiger partial charge in [-0.15, -0.1) is 0 Å². The Morgan fingerprint density at radius 1 is 1.14 bits per heavy atom. The average Bonchev–Trinajstić information content (AvgIpc) is 2.43. The van der Waals surface area contributed by atoms with E-state index in [2.05, 4.69) is 5.32 Å². The quantitative estimate of drug-likeness (QED) is 0.919. The van der Waals surface area contributed by atoms with Crippen molar-refractivity contribution in [1.29, 1.82) is 5.26 Å². The molecular formula is C15H9F3N2O. The molecular weight excluding hydrogens is 281 g/mol. The lowest BCUT2D eigenvalue weighted by molar-refractivity contribution is 0.102. The number of hydrogen-bond donors (Lipinski definition) is 1. The predicted octanol–water partition coefficient (Wildman–Crippen LogP) is 3.54. The summed E-state index contributed by atoms with van der Waals surface area (Å²) in [5.41, 5.74) is -0.725. The number of carbonyl (C=O) groups is 1. The molecule has 2 aromatic rings. The molecule has 21 heavy (non-hydrogen) atoms. The van der Waals surface area contributed by atoms with Crippen LogP contribution in [0.1, 0.15) is 21.5 Å². The molecule has 0 aliphatic heterocycles. The van der Waals surface area contributed by atoms with E-state index >= 15 is 0 Å². The molecule has 0 aromatic heterocycles. The number of carbonyl (C=O) groups excluding carboxylic acids is 1. The van der Waals surface area contributed by atoms with Crippen molar-refractivity contribution in [2.24, 2.45) is 0 Å². The Morgan fingerprint density at radius 3 is 2.52 bits per heavy atom. The molecule has 0 aliphatic carbocycles. The maximum atomic E-state index is 13.6. The fourth-order valence-corrected chi connectivity index (χ4v) is 1.76. The third-order valence-electron chi connectivity index (χ3n) is 2.87. The summed E-state index contributed by atoms with van der Waals surface area (Å²) >= 11 is 0. The van der Waals surface area contributed by atoms with E-state index in [0.717, 1.165) is 12.1 Å². The Hall–Kier alpha value is -2.81. The van der Waals surface area contributed by atoms with E-state index in [1.807, 2.05) is 0 Å². The zero-order chi connectivity index (χ0) is 15.6. The van der Waals surface area contributed by atoms with Crippen LogP contribution in [0.25, 0.3) is 0 Å². The zero-order valence-electron chi connectivity index (χ0n) is 10.9. The minimum Gasteiger partial charge on any atom is -0.321 e. The first-order valence-electron chi connectivity index (χ1n) is 5.89. The molecule has 0 saturated carbocycles. The van der Waals surface area contributed by atoms with Crippen molar-refractivity contribution in [2.45, 2.75) is 6.92 Å². The lowest BCUT2D eigenvalue weighted by Gasteiger charge is -2.09. The second kappa shape index (κ2) is 5.67. The molecule has 6 heteroatoms. The van der Waals surface area contributed by atoms with Gasteiger partial charge in [0, 0.05) is 6.07 Å². The number of aryl methyl sites for hydroxylation is 1. The zero-order valence-corrected chi connectivity index (χ0v) is 10.9. The van der Waals surface area contributed by atoms with Gasteiger partial charge in [0.1, 0.15) is 29.1 Å². The Labute approximate surface area is 118 Å². The number of halogens is 3. The van der Waals surface area contributed by atoms with Crippen molar-refractivity contribution in [1.82, 2.24) is 0 Å². The van der Waals surface area contributed by atoms with Crippen molar-refractivity contribution in [3.05, 3.63) is 64.5 Å². The summed E-state index contributed by atoms with van der Waals surface area (Å²) in [5.74, 6) is -3.50. The van der Waals surface area contributed by atoms with E-state index < -0.39 is 23.4 Å². The van der Waals surface area contributed by atoms with Crippen LogP contribution in [-0.2, 0) is 0 Å². The van der Waals surface area contributed by atoms with E-state index in [1.165, 1.54) is 19.1 Å². The molecule has 2 rings (SSSR count). The van der Waals surface area contributed by atoms with Gasteiger partial charge in [-0.25, -0.2) is 13.2 Å². The normalized spacial score (nSPS) is 10.0. The first-order valence-corrected chi connectivity index (χ1v) is 5.89. The molecule has 1 amide bonds. The van der Waals surface area contributed by atoms with Gasteiger partial charge in [0.25, 0.3) is 5.91 Å². The molecule has 0 heterocycles. The molecule has 0 atom stereocenters. The summed E-state index contributed by atoms with van der Waals surface area (Å²) in [6.45, 7) is 1.38. The lowest BCUT2D eigenvalue weighted by Crippen LogP contribution is -2.15. The molecule has 2 aromatic carbocycles. The minimum absolute atomic E-state index is 0.0797. The van der Waals surface area contributed by atoms with Crippen LogP contribution in [-0.4, -0.2) is 5.91 Å². The first-order chi connectivity index (χ1) is 9.93. The second-order valence-corrected chi connectivity index (χ2v) is 4.31. The first kappa shape index (κ1) is 14.6. The number of rotatable bonds is 2. The van der Waals surface area contributed by atoms with E-state index in [9.17, 15) is 18.0 Å². The number of nitrogens with zero attached hydrogens (tertiary/aromatic N) is 1. The molecule has 0 aliphatic rings. The highest BCUT2D eigenvalue weighted by atomic mass is 19.1. The SMILES string of the molecule is Cc1cc(C(=O)Nc2cccc(F)c2C#N)c(F)cc1F. The van der Waals surface area contributed by atoms with Crippen LogP contribution in [0.4, 0.5) is 18.9 Å². The minimum atomic E-state index is -1.04. The van der Waals surface area contributed by atoms with Crippen molar-refractivity contribution >= 4 is 11.6 Å². The fraction of sp³-hybridized carbons (Fsp3) is 0.0667. The van der Waals surface area contributed by atoms with Crippen LogP contribution in [0.15, 0.2) is 30.3 Å². The smallest absolute Gasteiger partial charge is 0.258 e. The summed E-state index contributed by atoms with van der Waals surface area (Å²) in [5, 5.41) is 11.1. The van der Waals surface area contributed by atoms with E-state index in [0.29, 0.717) is 6.07 Å². The van der Waals surface area contributed by atoms with Gasteiger partial charge in [0.15, 0.2) is 0 Å². The van der Waals surface area contributed by atoms with Gasteiger partial charge in [-0.3, -0.25) is 4.79 Å². The maximum absolute atomic E-state index is 13.6. The van der Waals surface area contributed by atoms with Gasteiger partial charge in [0.05, 0.1) is 11.3 Å². The molecule has 1 N–H and O–H groups in total. The van der Waals surface area contributed by atoms with Gasteiger partial charge < -0.3 is 5.32 Å². The van der Waals surface area contributed by atoms with Gasteiger partial charge in [-0.1, -0.05) is 6.07 Å². The summed E-state index contributed by atoms with van der Waals surface area (Å²) in [4.78, 5) is 12.0. The Kier molecular flexibility index (Phi) is 3.94. The average molecular weight is 290 g/mol. The van der Waals surface area contributed by atoms with Crippen LogP contribution in [0.5, 0.6) is 0 Å². The maximum Gasteiger partial charge on any atom is 0.258 e. The number of hydrogen-bond acceptors (Lipinski definition) is 2. The van der Waals surface area contributed by atoms with Gasteiger partial charge in [-0.05, 0) is 30.7 Å². The number of benzene rings is 2. The van der Waals surface area contributed by atoms with Crippen molar-refractivity contribution in [3.63, 3.8) is 0 Å². The van der Waals surface area contributed by atoms with Crippen molar-refractivity contribution in [2.75, 3.05) is 5.32 Å². The molecule has 0 bridgehead atoms. The number of nitriles is 1. The van der Waals surface area contributed by atoms with Crippen LogP contribution < -0.4 is 5.32 Å². The highest BCUT2D eigenvalue weighted by Crippen LogP contribution is 2.20. The Bertz CT molecular complexity index is 766. The Balaban J connectivity index is 2.38. The van der Waals surface area contributed by atoms with Crippen LogP contribution in [0, 0.1) is 35.7 Å². The number of nitrogens with one attached hydrogen (secondary N) is 1. The summed E-state index contributed by atoms with van der Waals surface area (Å²) in [7, 11) is 0. The standard InChI is InChI=1S/C15H9F3N2O/c1-8-5-9(13(18)6-12(8)17)15(21)20-14-4-2-3-11(16)10(14)7-19/h2-6H,1H3,(H,20,21). The molecule has 0 spiro atoms. The second-order valence-electron chi connectivity index (χ2n) is 4.31. The van der Waals surface area contributed by atoms with Gasteiger partial charge in [-0.2, -0.15) is 5.26 Å². The topological polar surface area (TPSA) is 52.9 Å². The molecule has 0 radical (unpaired) electrons. The monoisotopic (exact) mass is 290 g/mol. The molecule has 3 nitrogen and oxygen atoms in total. The molecule has 0 unspecified atom stereocenters. The van der Waals surface area contributed by atoms with E-state index in [4.69, 9.17) is 5.26 Å². The highest BCUT2D eigenvalue weighted by Gasteiger charge is 2.17. The molecule has 0 saturated heterocycles.